The topological polar surface area (TPSA) is 52.1 Å². The van der Waals surface area contributed by atoms with Crippen LogP contribution < -0.4 is 0 Å². The van der Waals surface area contributed by atoms with Crippen LogP contribution in [0.4, 0.5) is 0 Å². The van der Waals surface area contributed by atoms with Gasteiger partial charge in [-0.1, -0.05) is 11.6 Å². The van der Waals surface area contributed by atoms with Gasteiger partial charge in [0.2, 0.25) is 0 Å². The molecule has 2 aromatic rings. The number of aromatic nitrogens is 2. The van der Waals surface area contributed by atoms with Crippen molar-refractivity contribution in [2.45, 2.75) is 25.7 Å². The van der Waals surface area contributed by atoms with E-state index in [-0.39, 0.29) is 11.9 Å². The third-order valence-electron chi connectivity index (χ3n) is 3.23. The molecule has 1 aliphatic rings. The van der Waals surface area contributed by atoms with Crippen LogP contribution in [0.25, 0.3) is 10.2 Å². The Hall–Kier alpha value is -1.20. The number of hydrogen-bond donors (Lipinski definition) is 0. The number of aryl methyl sites for hydroxylation is 2. The lowest BCUT2D eigenvalue weighted by atomic mass is 10.1. The van der Waals surface area contributed by atoms with E-state index in [0.717, 1.165) is 33.5 Å². The molecule has 0 radical (unpaired) electrons. The maximum Gasteiger partial charge on any atom is 0.313 e. The molecule has 1 atom stereocenters. The SMILES string of the molecule is COC(=O)C1CCc2c1sc1nc(C)nc(Cl)c21. The number of fused-ring (bicyclic) bond motifs is 3. The van der Waals surface area contributed by atoms with Crippen LogP contribution in [0.5, 0.6) is 0 Å². The number of carbonyl (C=O) groups excluding carboxylic acids is 1. The maximum absolute atomic E-state index is 11.7. The molecule has 1 aliphatic carbocycles. The van der Waals surface area contributed by atoms with E-state index in [0.29, 0.717) is 11.0 Å². The van der Waals surface area contributed by atoms with E-state index in [1.165, 1.54) is 18.4 Å². The van der Waals surface area contributed by atoms with Crippen LogP contribution in [0.1, 0.15) is 28.6 Å². The fraction of sp³-hybridized carbons (Fsp3) is 0.417. The molecule has 2 heterocycles. The van der Waals surface area contributed by atoms with Gasteiger partial charge in [-0.2, -0.15) is 0 Å². The second-order valence-corrected chi connectivity index (χ2v) is 5.69. The molecule has 0 bridgehead atoms. The number of ether oxygens (including phenoxy) is 1. The van der Waals surface area contributed by atoms with Crippen molar-refractivity contribution >= 4 is 39.1 Å². The first-order valence-corrected chi connectivity index (χ1v) is 6.84. The average molecular weight is 283 g/mol. The minimum atomic E-state index is -0.180. The van der Waals surface area contributed by atoms with Gasteiger partial charge in [0, 0.05) is 4.88 Å². The summed E-state index contributed by atoms with van der Waals surface area (Å²) < 4.78 is 4.84. The minimum Gasteiger partial charge on any atom is -0.469 e. The van der Waals surface area contributed by atoms with Crippen molar-refractivity contribution in [2.24, 2.45) is 0 Å². The Balaban J connectivity index is 2.22. The first-order valence-electron chi connectivity index (χ1n) is 5.65. The largest absolute Gasteiger partial charge is 0.469 e. The van der Waals surface area contributed by atoms with Crippen molar-refractivity contribution in [3.05, 3.63) is 21.4 Å². The number of hydrogen-bond acceptors (Lipinski definition) is 5. The Morgan fingerprint density at radius 3 is 3.00 bits per heavy atom. The van der Waals surface area contributed by atoms with E-state index in [1.807, 2.05) is 6.92 Å². The van der Waals surface area contributed by atoms with Gasteiger partial charge in [-0.3, -0.25) is 4.79 Å². The van der Waals surface area contributed by atoms with Crippen LogP contribution >= 0.6 is 22.9 Å². The van der Waals surface area contributed by atoms with Gasteiger partial charge in [0.15, 0.2) is 0 Å². The van der Waals surface area contributed by atoms with Crippen molar-refractivity contribution in [3.63, 3.8) is 0 Å². The Morgan fingerprint density at radius 2 is 2.28 bits per heavy atom. The zero-order valence-electron chi connectivity index (χ0n) is 9.99. The fourth-order valence-electron chi connectivity index (χ4n) is 2.45. The van der Waals surface area contributed by atoms with E-state index in [9.17, 15) is 4.79 Å². The van der Waals surface area contributed by atoms with Gasteiger partial charge in [0.05, 0.1) is 18.4 Å². The minimum absolute atomic E-state index is 0.166. The summed E-state index contributed by atoms with van der Waals surface area (Å²) in [6, 6.07) is 0. The number of halogens is 1. The van der Waals surface area contributed by atoms with Gasteiger partial charge in [0.1, 0.15) is 15.8 Å². The molecule has 0 amide bonds. The van der Waals surface area contributed by atoms with Gasteiger partial charge in [-0.25, -0.2) is 9.97 Å². The highest BCUT2D eigenvalue weighted by Gasteiger charge is 2.34. The van der Waals surface area contributed by atoms with Crippen molar-refractivity contribution < 1.29 is 9.53 Å². The molecule has 0 saturated heterocycles. The Bertz CT molecular complexity index is 653. The Labute approximate surface area is 113 Å². The molecular weight excluding hydrogens is 272 g/mol. The second kappa shape index (κ2) is 4.17. The quantitative estimate of drug-likeness (QED) is 0.596. The van der Waals surface area contributed by atoms with Crippen molar-refractivity contribution in [1.29, 1.82) is 0 Å². The van der Waals surface area contributed by atoms with E-state index in [4.69, 9.17) is 16.3 Å². The lowest BCUT2D eigenvalue weighted by Crippen LogP contribution is -2.10. The second-order valence-electron chi connectivity index (χ2n) is 4.30. The fourth-order valence-corrected chi connectivity index (χ4v) is 4.22. The molecule has 0 saturated carbocycles. The monoisotopic (exact) mass is 282 g/mol. The molecule has 2 aromatic heterocycles. The maximum atomic E-state index is 11.7. The van der Waals surface area contributed by atoms with Crippen molar-refractivity contribution in [2.75, 3.05) is 7.11 Å². The number of esters is 1. The van der Waals surface area contributed by atoms with Gasteiger partial charge < -0.3 is 4.74 Å². The molecule has 1 unspecified atom stereocenters. The Morgan fingerprint density at radius 1 is 1.50 bits per heavy atom. The van der Waals surface area contributed by atoms with Gasteiger partial charge in [0.25, 0.3) is 0 Å². The van der Waals surface area contributed by atoms with Crippen LogP contribution in [-0.4, -0.2) is 23.0 Å². The first-order chi connectivity index (χ1) is 8.61. The van der Waals surface area contributed by atoms with Gasteiger partial charge in [-0.15, -0.1) is 11.3 Å². The van der Waals surface area contributed by atoms with Crippen molar-refractivity contribution in [3.8, 4) is 0 Å². The average Bonchev–Trinajstić information content (AvgIpc) is 2.85. The standard InChI is InChI=1S/C12H11ClN2O2S/c1-5-14-10(13)8-6-3-4-7(12(16)17-2)9(6)18-11(8)15-5/h7H,3-4H2,1-2H3. The highest BCUT2D eigenvalue weighted by Crippen LogP contribution is 2.45. The van der Waals surface area contributed by atoms with E-state index >= 15 is 0 Å². The zero-order valence-corrected chi connectivity index (χ0v) is 11.6. The summed E-state index contributed by atoms with van der Waals surface area (Å²) in [5.74, 6) is 0.309. The van der Waals surface area contributed by atoms with Gasteiger partial charge >= 0.3 is 5.97 Å². The molecule has 94 valence electrons. The summed E-state index contributed by atoms with van der Waals surface area (Å²) in [7, 11) is 1.42. The number of methoxy groups -OCH3 is 1. The lowest BCUT2D eigenvalue weighted by Gasteiger charge is -2.05. The van der Waals surface area contributed by atoms with Crippen LogP contribution in [0.15, 0.2) is 0 Å². The summed E-state index contributed by atoms with van der Waals surface area (Å²) >= 11 is 7.72. The third kappa shape index (κ3) is 1.61. The van der Waals surface area contributed by atoms with Crippen LogP contribution in [0.2, 0.25) is 5.15 Å². The lowest BCUT2D eigenvalue weighted by molar-refractivity contribution is -0.142. The van der Waals surface area contributed by atoms with Crippen LogP contribution in [-0.2, 0) is 16.0 Å². The van der Waals surface area contributed by atoms with Crippen LogP contribution in [0, 0.1) is 6.92 Å². The predicted octanol–water partition coefficient (Wildman–Crippen LogP) is 2.86. The van der Waals surface area contributed by atoms with E-state index in [2.05, 4.69) is 9.97 Å². The molecule has 0 aromatic carbocycles. The molecular formula is C12H11ClN2O2S. The summed E-state index contributed by atoms with van der Waals surface area (Å²) in [5.41, 5.74) is 1.12. The van der Waals surface area contributed by atoms with Crippen molar-refractivity contribution in [1.82, 2.24) is 9.97 Å². The number of carbonyl (C=O) groups is 1. The number of nitrogens with zero attached hydrogens (tertiary/aromatic N) is 2. The molecule has 0 aliphatic heterocycles. The molecule has 0 fully saturated rings. The number of thiophene rings is 1. The summed E-state index contributed by atoms with van der Waals surface area (Å²) in [5, 5.41) is 1.40. The molecule has 4 nitrogen and oxygen atoms in total. The highest BCUT2D eigenvalue weighted by molar-refractivity contribution is 7.19. The van der Waals surface area contributed by atoms with Gasteiger partial charge in [-0.05, 0) is 25.3 Å². The highest BCUT2D eigenvalue weighted by atomic mass is 35.5. The smallest absolute Gasteiger partial charge is 0.313 e. The summed E-state index contributed by atoms with van der Waals surface area (Å²) in [6.45, 7) is 1.81. The molecule has 18 heavy (non-hydrogen) atoms. The van der Waals surface area contributed by atoms with Crippen LogP contribution in [0.3, 0.4) is 0 Å². The molecule has 0 spiro atoms. The van der Waals surface area contributed by atoms with E-state index < -0.39 is 0 Å². The normalized spacial score (nSPS) is 18.1. The summed E-state index contributed by atoms with van der Waals surface area (Å²) in [6.07, 6.45) is 1.62. The zero-order chi connectivity index (χ0) is 12.9. The third-order valence-corrected chi connectivity index (χ3v) is 4.75. The predicted molar refractivity (Wildman–Crippen MR) is 70.2 cm³/mol. The van der Waals surface area contributed by atoms with E-state index in [1.54, 1.807) is 0 Å². The summed E-state index contributed by atoms with van der Waals surface area (Å²) in [4.78, 5) is 22.2. The first kappa shape index (κ1) is 11.9. The molecule has 6 heteroatoms. The molecule has 0 N–H and O–H groups in total. The molecule has 3 rings (SSSR count). The Kier molecular flexibility index (Phi) is 2.75. The number of rotatable bonds is 1.